The van der Waals surface area contributed by atoms with Gasteiger partial charge >= 0.3 is 11.7 Å². The van der Waals surface area contributed by atoms with Crippen molar-refractivity contribution >= 4 is 17.1 Å². The number of hydrogen-bond donors (Lipinski definition) is 0. The van der Waals surface area contributed by atoms with Gasteiger partial charge in [-0.2, -0.15) is 0 Å². The summed E-state index contributed by atoms with van der Waals surface area (Å²) in [5.74, 6) is -0.858. The predicted molar refractivity (Wildman–Crippen MR) is 66.2 cm³/mol. The highest BCUT2D eigenvalue weighted by atomic mass is 16.5. The third-order valence-corrected chi connectivity index (χ3v) is 2.40. The van der Waals surface area contributed by atoms with Crippen molar-refractivity contribution in [2.24, 2.45) is 0 Å². The summed E-state index contributed by atoms with van der Waals surface area (Å²) >= 11 is 0. The van der Waals surface area contributed by atoms with Crippen LogP contribution in [0.2, 0.25) is 0 Å². The Morgan fingerprint density at radius 2 is 2.22 bits per heavy atom. The third-order valence-electron chi connectivity index (χ3n) is 2.40. The molecule has 0 saturated heterocycles. The molecule has 18 heavy (non-hydrogen) atoms. The molecule has 1 aromatic heterocycles. The van der Waals surface area contributed by atoms with E-state index in [1.165, 1.54) is 10.6 Å². The molecule has 0 fully saturated rings. The fourth-order valence-electron chi connectivity index (χ4n) is 1.63. The molecule has 0 aliphatic carbocycles. The van der Waals surface area contributed by atoms with Gasteiger partial charge in [0.1, 0.15) is 0 Å². The molecule has 5 nitrogen and oxygen atoms in total. The first kappa shape index (κ1) is 12.2. The molecule has 0 spiro atoms. The van der Waals surface area contributed by atoms with Crippen molar-refractivity contribution in [1.29, 1.82) is 0 Å². The maximum atomic E-state index is 11.6. The van der Waals surface area contributed by atoms with Gasteiger partial charge < -0.3 is 9.15 Å². The molecular weight excluding hydrogens is 234 g/mol. The van der Waals surface area contributed by atoms with Crippen molar-refractivity contribution in [1.82, 2.24) is 4.57 Å². The second-order valence-electron chi connectivity index (χ2n) is 3.60. The van der Waals surface area contributed by atoms with E-state index < -0.39 is 11.7 Å². The Morgan fingerprint density at radius 1 is 1.44 bits per heavy atom. The van der Waals surface area contributed by atoms with Gasteiger partial charge in [-0.1, -0.05) is 18.2 Å². The number of rotatable bonds is 4. The molecule has 0 saturated carbocycles. The van der Waals surface area contributed by atoms with E-state index >= 15 is 0 Å². The summed E-state index contributed by atoms with van der Waals surface area (Å²) in [4.78, 5) is 22.7. The standard InChI is InChI=1S/C13H13NO4/c1-2-17-12(15)8-5-9-14-10-6-3-4-7-11(10)18-13(14)16/h3-8H,2,9H2,1H3/b8-5+. The highest BCUT2D eigenvalue weighted by molar-refractivity contribution is 5.81. The Labute approximate surface area is 103 Å². The number of para-hydroxylation sites is 2. The van der Waals surface area contributed by atoms with Crippen molar-refractivity contribution < 1.29 is 13.9 Å². The van der Waals surface area contributed by atoms with E-state index in [1.807, 2.05) is 6.07 Å². The van der Waals surface area contributed by atoms with Crippen LogP contribution in [0.5, 0.6) is 0 Å². The fourth-order valence-corrected chi connectivity index (χ4v) is 1.63. The number of aromatic nitrogens is 1. The zero-order valence-electron chi connectivity index (χ0n) is 9.96. The second-order valence-corrected chi connectivity index (χ2v) is 3.60. The summed E-state index contributed by atoms with van der Waals surface area (Å²) in [5, 5.41) is 0. The molecule has 0 aliphatic heterocycles. The minimum absolute atomic E-state index is 0.272. The Morgan fingerprint density at radius 3 is 3.00 bits per heavy atom. The SMILES string of the molecule is CCOC(=O)/C=C/Cn1c(=O)oc2ccccc21. The van der Waals surface area contributed by atoms with E-state index in [1.54, 1.807) is 31.2 Å². The summed E-state index contributed by atoms with van der Waals surface area (Å²) in [6.07, 6.45) is 2.87. The first-order chi connectivity index (χ1) is 8.72. The van der Waals surface area contributed by atoms with Crippen molar-refractivity contribution in [3.8, 4) is 0 Å². The first-order valence-corrected chi connectivity index (χ1v) is 5.64. The van der Waals surface area contributed by atoms with Crippen molar-refractivity contribution in [3.63, 3.8) is 0 Å². The van der Waals surface area contributed by atoms with Crippen molar-refractivity contribution in [3.05, 3.63) is 47.0 Å². The molecule has 0 bridgehead atoms. The van der Waals surface area contributed by atoms with Crippen LogP contribution >= 0.6 is 0 Å². The molecule has 1 heterocycles. The molecular formula is C13H13NO4. The van der Waals surface area contributed by atoms with E-state index in [-0.39, 0.29) is 6.54 Å². The Balaban J connectivity index is 2.19. The lowest BCUT2D eigenvalue weighted by molar-refractivity contribution is -0.137. The normalized spacial score (nSPS) is 11.2. The van der Waals surface area contributed by atoms with Crippen LogP contribution < -0.4 is 5.76 Å². The number of allylic oxidation sites excluding steroid dienone is 1. The molecule has 0 atom stereocenters. The summed E-state index contributed by atoms with van der Waals surface area (Å²) in [7, 11) is 0. The van der Waals surface area contributed by atoms with E-state index in [2.05, 4.69) is 0 Å². The van der Waals surface area contributed by atoms with Gasteiger partial charge in [0.05, 0.1) is 12.1 Å². The summed E-state index contributed by atoms with van der Waals surface area (Å²) < 4.78 is 11.3. The quantitative estimate of drug-likeness (QED) is 0.609. The molecule has 0 amide bonds. The van der Waals surface area contributed by atoms with Crippen LogP contribution in [0.15, 0.2) is 45.6 Å². The largest absolute Gasteiger partial charge is 0.463 e. The highest BCUT2D eigenvalue weighted by Crippen LogP contribution is 2.11. The monoisotopic (exact) mass is 247 g/mol. The van der Waals surface area contributed by atoms with E-state index in [9.17, 15) is 9.59 Å². The number of benzene rings is 1. The van der Waals surface area contributed by atoms with Gasteiger partial charge in [0.25, 0.3) is 0 Å². The molecule has 0 aliphatic rings. The van der Waals surface area contributed by atoms with Crippen LogP contribution in [0, 0.1) is 0 Å². The minimum atomic E-state index is -0.440. The van der Waals surface area contributed by atoms with Crippen LogP contribution in [0.25, 0.3) is 11.1 Å². The number of nitrogens with zero attached hydrogens (tertiary/aromatic N) is 1. The molecule has 2 aromatic rings. The minimum Gasteiger partial charge on any atom is -0.463 e. The molecule has 5 heteroatoms. The zero-order valence-corrected chi connectivity index (χ0v) is 9.96. The van der Waals surface area contributed by atoms with Gasteiger partial charge in [0, 0.05) is 12.6 Å². The maximum absolute atomic E-state index is 11.6. The molecule has 0 radical (unpaired) electrons. The number of oxazole rings is 1. The van der Waals surface area contributed by atoms with Gasteiger partial charge in [-0.25, -0.2) is 9.59 Å². The lowest BCUT2D eigenvalue weighted by atomic mass is 10.3. The summed E-state index contributed by atoms with van der Waals surface area (Å²) in [6.45, 7) is 2.34. The number of fused-ring (bicyclic) bond motifs is 1. The molecule has 2 rings (SSSR count). The van der Waals surface area contributed by atoms with Gasteiger partial charge in [-0.3, -0.25) is 4.57 Å². The van der Waals surface area contributed by atoms with Crippen LogP contribution in [0.3, 0.4) is 0 Å². The van der Waals surface area contributed by atoms with Crippen LogP contribution in [-0.2, 0) is 16.1 Å². The summed E-state index contributed by atoms with van der Waals surface area (Å²) in [5.41, 5.74) is 1.24. The maximum Gasteiger partial charge on any atom is 0.420 e. The number of carbonyl (C=O) groups is 1. The van der Waals surface area contributed by atoms with Crippen LogP contribution in [-0.4, -0.2) is 17.1 Å². The second kappa shape index (κ2) is 5.35. The van der Waals surface area contributed by atoms with Crippen molar-refractivity contribution in [2.45, 2.75) is 13.5 Å². The molecule has 94 valence electrons. The topological polar surface area (TPSA) is 61.4 Å². The summed E-state index contributed by atoms with van der Waals surface area (Å²) in [6, 6.07) is 7.13. The van der Waals surface area contributed by atoms with Crippen LogP contribution in [0.1, 0.15) is 6.92 Å². The van der Waals surface area contributed by atoms with Crippen molar-refractivity contribution in [2.75, 3.05) is 6.61 Å². The van der Waals surface area contributed by atoms with E-state index in [4.69, 9.17) is 9.15 Å². The smallest absolute Gasteiger partial charge is 0.420 e. The highest BCUT2D eigenvalue weighted by Gasteiger charge is 2.06. The number of esters is 1. The Hall–Kier alpha value is -2.30. The van der Waals surface area contributed by atoms with Gasteiger partial charge in [-0.05, 0) is 19.1 Å². The number of carbonyl (C=O) groups excluding carboxylic acids is 1. The van der Waals surface area contributed by atoms with Gasteiger partial charge in [-0.15, -0.1) is 0 Å². The molecule has 0 unspecified atom stereocenters. The fraction of sp³-hybridized carbons (Fsp3) is 0.231. The van der Waals surface area contributed by atoms with Gasteiger partial charge in [0.2, 0.25) is 0 Å². The first-order valence-electron chi connectivity index (χ1n) is 5.64. The number of ether oxygens (including phenoxy) is 1. The van der Waals surface area contributed by atoms with Gasteiger partial charge in [0.15, 0.2) is 5.58 Å². The third kappa shape index (κ3) is 2.51. The van der Waals surface area contributed by atoms with E-state index in [0.29, 0.717) is 17.7 Å². The average molecular weight is 247 g/mol. The van der Waals surface area contributed by atoms with Crippen LogP contribution in [0.4, 0.5) is 0 Å². The predicted octanol–water partition coefficient (Wildman–Crippen LogP) is 1.71. The molecule has 1 aromatic carbocycles. The molecule has 0 N–H and O–H groups in total. The average Bonchev–Trinajstić information content (AvgIpc) is 2.66. The number of hydrogen-bond acceptors (Lipinski definition) is 4. The lowest BCUT2D eigenvalue weighted by Gasteiger charge is -1.97. The van der Waals surface area contributed by atoms with E-state index in [0.717, 1.165) is 0 Å². The Kier molecular flexibility index (Phi) is 3.62. The zero-order chi connectivity index (χ0) is 13.0. The lowest BCUT2D eigenvalue weighted by Crippen LogP contribution is -2.13. The Bertz CT molecular complexity index is 636.